The van der Waals surface area contributed by atoms with Gasteiger partial charge in [-0.2, -0.15) is 0 Å². The van der Waals surface area contributed by atoms with Crippen LogP contribution in [0.15, 0.2) is 0 Å². The van der Waals surface area contributed by atoms with Gasteiger partial charge in [-0.1, -0.05) is 6.92 Å². The molecular formula is C10H18O4. The maximum absolute atomic E-state index is 10.6. The smallest absolute Gasteiger partial charge is 0.332 e. The first-order valence-corrected chi connectivity index (χ1v) is 5.13. The molecule has 0 aromatic rings. The maximum atomic E-state index is 10.6. The van der Waals surface area contributed by atoms with E-state index >= 15 is 0 Å². The third kappa shape index (κ3) is 3.27. The van der Waals surface area contributed by atoms with Crippen molar-refractivity contribution >= 4 is 5.97 Å². The van der Waals surface area contributed by atoms with Crippen molar-refractivity contribution in [3.05, 3.63) is 0 Å². The summed E-state index contributed by atoms with van der Waals surface area (Å²) in [6.07, 6.45) is 1.92. The quantitative estimate of drug-likeness (QED) is 0.732. The number of aliphatic carboxylic acids is 1. The van der Waals surface area contributed by atoms with Crippen LogP contribution in [0.4, 0.5) is 0 Å². The first-order valence-electron chi connectivity index (χ1n) is 5.13. The summed E-state index contributed by atoms with van der Waals surface area (Å²) in [7, 11) is 0. The third-order valence-electron chi connectivity index (χ3n) is 2.52. The van der Waals surface area contributed by atoms with Crippen LogP contribution in [0.25, 0.3) is 0 Å². The second-order valence-corrected chi connectivity index (χ2v) is 3.71. The molecule has 0 spiro atoms. The molecule has 1 aliphatic rings. The second kappa shape index (κ2) is 5.32. The highest BCUT2D eigenvalue weighted by Crippen LogP contribution is 2.20. The fourth-order valence-electron chi connectivity index (χ4n) is 1.40. The van der Waals surface area contributed by atoms with E-state index in [4.69, 9.17) is 14.6 Å². The molecule has 3 atom stereocenters. The third-order valence-corrected chi connectivity index (χ3v) is 2.52. The van der Waals surface area contributed by atoms with Crippen molar-refractivity contribution in [3.63, 3.8) is 0 Å². The number of carboxylic acids is 1. The number of hydrogen-bond donors (Lipinski definition) is 1. The topological polar surface area (TPSA) is 55.8 Å². The molecule has 0 aromatic carbocycles. The molecule has 0 aromatic heterocycles. The summed E-state index contributed by atoms with van der Waals surface area (Å²) in [5, 5.41) is 8.69. The van der Waals surface area contributed by atoms with Crippen LogP contribution in [0.5, 0.6) is 0 Å². The number of carbonyl (C=O) groups is 1. The first-order chi connectivity index (χ1) is 6.63. The van der Waals surface area contributed by atoms with Crippen molar-refractivity contribution in [1.29, 1.82) is 0 Å². The lowest BCUT2D eigenvalue weighted by Gasteiger charge is -2.15. The van der Waals surface area contributed by atoms with E-state index in [1.54, 1.807) is 0 Å². The highest BCUT2D eigenvalue weighted by atomic mass is 16.6. The van der Waals surface area contributed by atoms with Crippen LogP contribution in [0, 0.1) is 0 Å². The van der Waals surface area contributed by atoms with E-state index in [2.05, 4.69) is 6.92 Å². The van der Waals surface area contributed by atoms with Crippen molar-refractivity contribution in [3.8, 4) is 0 Å². The fourth-order valence-corrected chi connectivity index (χ4v) is 1.40. The Morgan fingerprint density at radius 2 is 2.36 bits per heavy atom. The monoisotopic (exact) mass is 202 g/mol. The predicted octanol–water partition coefficient (Wildman–Crippen LogP) is 1.43. The summed E-state index contributed by atoms with van der Waals surface area (Å²) in [6.45, 7) is 4.57. The molecule has 0 bridgehead atoms. The predicted molar refractivity (Wildman–Crippen MR) is 51.2 cm³/mol. The van der Waals surface area contributed by atoms with Gasteiger partial charge < -0.3 is 14.6 Å². The number of hydrogen-bond acceptors (Lipinski definition) is 3. The fraction of sp³-hybridized carbons (Fsp3) is 0.900. The maximum Gasteiger partial charge on any atom is 0.332 e. The van der Waals surface area contributed by atoms with Crippen LogP contribution >= 0.6 is 0 Å². The van der Waals surface area contributed by atoms with E-state index in [1.165, 1.54) is 0 Å². The molecule has 0 aliphatic carbocycles. The molecule has 1 saturated heterocycles. The van der Waals surface area contributed by atoms with E-state index in [9.17, 15) is 4.79 Å². The Hall–Kier alpha value is -0.610. The molecule has 1 N–H and O–H groups in total. The van der Waals surface area contributed by atoms with Crippen LogP contribution in [0.1, 0.15) is 33.1 Å². The Morgan fingerprint density at radius 3 is 2.86 bits per heavy atom. The largest absolute Gasteiger partial charge is 0.479 e. The molecule has 1 fully saturated rings. The molecule has 4 heteroatoms. The molecule has 4 nitrogen and oxygen atoms in total. The van der Waals surface area contributed by atoms with Gasteiger partial charge in [-0.3, -0.25) is 0 Å². The van der Waals surface area contributed by atoms with Crippen molar-refractivity contribution in [2.75, 3.05) is 6.61 Å². The van der Waals surface area contributed by atoms with E-state index < -0.39 is 12.1 Å². The van der Waals surface area contributed by atoms with Gasteiger partial charge in [0, 0.05) is 0 Å². The normalized spacial score (nSPS) is 29.0. The van der Waals surface area contributed by atoms with Gasteiger partial charge in [-0.25, -0.2) is 4.79 Å². The zero-order valence-electron chi connectivity index (χ0n) is 8.73. The van der Waals surface area contributed by atoms with Gasteiger partial charge in [-0.05, 0) is 26.2 Å². The first kappa shape index (κ1) is 11.5. The molecule has 82 valence electrons. The average molecular weight is 202 g/mol. The van der Waals surface area contributed by atoms with Crippen molar-refractivity contribution in [1.82, 2.24) is 0 Å². The van der Waals surface area contributed by atoms with Crippen molar-refractivity contribution < 1.29 is 19.4 Å². The Morgan fingerprint density at radius 1 is 1.64 bits per heavy atom. The summed E-state index contributed by atoms with van der Waals surface area (Å²) >= 11 is 0. The van der Waals surface area contributed by atoms with E-state index in [-0.39, 0.29) is 12.2 Å². The minimum atomic E-state index is -0.865. The van der Waals surface area contributed by atoms with Crippen LogP contribution in [-0.4, -0.2) is 36.0 Å². The molecule has 0 amide bonds. The Balaban J connectivity index is 2.19. The van der Waals surface area contributed by atoms with E-state index in [0.717, 1.165) is 12.8 Å². The molecule has 3 unspecified atom stereocenters. The van der Waals surface area contributed by atoms with Gasteiger partial charge in [0.15, 0.2) is 6.10 Å². The van der Waals surface area contributed by atoms with Crippen LogP contribution in [0.2, 0.25) is 0 Å². The van der Waals surface area contributed by atoms with E-state index in [1.807, 2.05) is 6.92 Å². The van der Waals surface area contributed by atoms with Crippen LogP contribution in [-0.2, 0) is 14.3 Å². The molecule has 14 heavy (non-hydrogen) atoms. The average Bonchev–Trinajstić information content (AvgIpc) is 2.62. The van der Waals surface area contributed by atoms with Gasteiger partial charge in [0.25, 0.3) is 0 Å². The number of ether oxygens (including phenoxy) is 2. The molecule has 1 aliphatic heterocycles. The SMILES string of the molecule is CCC(C)OCC1CCC(C(=O)O)O1. The second-order valence-electron chi connectivity index (χ2n) is 3.71. The van der Waals surface area contributed by atoms with Gasteiger partial charge in [-0.15, -0.1) is 0 Å². The highest BCUT2D eigenvalue weighted by molar-refractivity contribution is 5.72. The summed E-state index contributed by atoms with van der Waals surface area (Å²) in [5.74, 6) is -0.865. The zero-order valence-corrected chi connectivity index (χ0v) is 8.73. The highest BCUT2D eigenvalue weighted by Gasteiger charge is 2.30. The lowest BCUT2D eigenvalue weighted by Crippen LogP contribution is -2.24. The summed E-state index contributed by atoms with van der Waals surface area (Å²) in [6, 6.07) is 0. The minimum Gasteiger partial charge on any atom is -0.479 e. The van der Waals surface area contributed by atoms with Gasteiger partial charge in [0.05, 0.1) is 18.8 Å². The Labute approximate surface area is 84.2 Å². The standard InChI is InChI=1S/C10H18O4/c1-3-7(2)13-6-8-4-5-9(14-8)10(11)12/h7-9H,3-6H2,1-2H3,(H,11,12). The molecule has 0 radical (unpaired) electrons. The summed E-state index contributed by atoms with van der Waals surface area (Å²) in [5.41, 5.74) is 0. The van der Waals surface area contributed by atoms with Gasteiger partial charge >= 0.3 is 5.97 Å². The molecular weight excluding hydrogens is 184 g/mol. The Kier molecular flexibility index (Phi) is 4.35. The summed E-state index contributed by atoms with van der Waals surface area (Å²) in [4.78, 5) is 10.6. The molecule has 1 rings (SSSR count). The lowest BCUT2D eigenvalue weighted by molar-refractivity contribution is -0.151. The van der Waals surface area contributed by atoms with Crippen LogP contribution in [0.3, 0.4) is 0 Å². The lowest BCUT2D eigenvalue weighted by atomic mass is 10.2. The Bertz CT molecular complexity index is 193. The van der Waals surface area contributed by atoms with E-state index in [0.29, 0.717) is 13.0 Å². The molecule has 0 saturated carbocycles. The van der Waals surface area contributed by atoms with Crippen molar-refractivity contribution in [2.24, 2.45) is 0 Å². The van der Waals surface area contributed by atoms with Gasteiger partial charge in [0.1, 0.15) is 0 Å². The minimum absolute atomic E-state index is 0.0369. The molecule has 1 heterocycles. The van der Waals surface area contributed by atoms with Crippen LogP contribution < -0.4 is 0 Å². The van der Waals surface area contributed by atoms with Crippen molar-refractivity contribution in [2.45, 2.75) is 51.4 Å². The van der Waals surface area contributed by atoms with Gasteiger partial charge in [0.2, 0.25) is 0 Å². The zero-order chi connectivity index (χ0) is 10.6. The summed E-state index contributed by atoms with van der Waals surface area (Å²) < 4.78 is 10.8. The number of carboxylic acid groups (broad SMARTS) is 1. The number of rotatable bonds is 5.